The molecule has 0 aromatic rings. The average Bonchev–Trinajstić information content (AvgIpc) is 1.97. The fourth-order valence-corrected chi connectivity index (χ4v) is 0.699. The SMILES string of the molecule is NC(N)=[NH+]CCC[C@@H]([NH3+])C(=O)[O-]. The third kappa shape index (κ3) is 5.48. The van der Waals surface area contributed by atoms with Gasteiger partial charge >= 0.3 is 5.96 Å². The Hall–Kier alpha value is -1.30. The van der Waals surface area contributed by atoms with Gasteiger partial charge in [-0.1, -0.05) is 0 Å². The van der Waals surface area contributed by atoms with Gasteiger partial charge in [-0.3, -0.25) is 16.5 Å². The molecule has 70 valence electrons. The molecule has 0 aromatic carbocycles. The molecule has 0 spiro atoms. The van der Waals surface area contributed by atoms with Gasteiger partial charge in [0.05, 0.1) is 12.5 Å². The number of nitrogens with one attached hydrogen (secondary N) is 1. The predicted octanol–water partition coefficient (Wildman–Crippen LogP) is -5.52. The van der Waals surface area contributed by atoms with Crippen molar-refractivity contribution in [2.45, 2.75) is 18.9 Å². The highest BCUT2D eigenvalue weighted by Crippen LogP contribution is 1.87. The summed E-state index contributed by atoms with van der Waals surface area (Å²) in [5.41, 5.74) is 13.6. The first-order chi connectivity index (χ1) is 5.54. The average molecular weight is 175 g/mol. The molecule has 0 aromatic heterocycles. The van der Waals surface area contributed by atoms with Gasteiger partial charge in [0.2, 0.25) is 0 Å². The van der Waals surface area contributed by atoms with Crippen LogP contribution in [-0.4, -0.2) is 24.5 Å². The molecule has 0 aliphatic heterocycles. The van der Waals surface area contributed by atoms with E-state index in [-0.39, 0.29) is 5.96 Å². The number of nitrogens with two attached hydrogens (primary N) is 2. The number of guanidine groups is 1. The highest BCUT2D eigenvalue weighted by Gasteiger charge is 2.05. The van der Waals surface area contributed by atoms with Gasteiger partial charge in [0.25, 0.3) is 0 Å². The van der Waals surface area contributed by atoms with E-state index in [4.69, 9.17) is 11.5 Å². The second-order valence-electron chi connectivity index (χ2n) is 2.54. The standard InChI is InChI=1S/C6H14N4O2/c7-4(5(11)12)2-1-3-10-6(8)9/h4H,1-3,7H2,(H,11,12)(H4,8,9,10)/p+1/t4-/m1/s1. The van der Waals surface area contributed by atoms with Crippen molar-refractivity contribution in [3.63, 3.8) is 0 Å². The van der Waals surface area contributed by atoms with Crippen LogP contribution < -0.4 is 27.3 Å². The lowest BCUT2D eigenvalue weighted by molar-refractivity contribution is -0.466. The smallest absolute Gasteiger partial charge is 0.338 e. The van der Waals surface area contributed by atoms with Crippen LogP contribution in [0.25, 0.3) is 0 Å². The largest absolute Gasteiger partial charge is 0.544 e. The minimum Gasteiger partial charge on any atom is -0.544 e. The van der Waals surface area contributed by atoms with Gasteiger partial charge in [-0.25, -0.2) is 0 Å². The highest BCUT2D eigenvalue weighted by molar-refractivity contribution is 5.69. The second-order valence-corrected chi connectivity index (χ2v) is 2.54. The van der Waals surface area contributed by atoms with E-state index in [0.29, 0.717) is 19.4 Å². The summed E-state index contributed by atoms with van der Waals surface area (Å²) < 4.78 is 0. The monoisotopic (exact) mass is 175 g/mol. The number of carboxylic acid groups (broad SMARTS) is 1. The molecule has 0 saturated heterocycles. The van der Waals surface area contributed by atoms with Gasteiger partial charge in [-0.15, -0.1) is 0 Å². The molecule has 0 bridgehead atoms. The van der Waals surface area contributed by atoms with Gasteiger partial charge < -0.3 is 15.6 Å². The Morgan fingerprint density at radius 2 is 2.17 bits per heavy atom. The maximum atomic E-state index is 10.2. The van der Waals surface area contributed by atoms with Gasteiger partial charge in [-0.05, 0) is 6.42 Å². The number of hydrogen-bond acceptors (Lipinski definition) is 2. The Morgan fingerprint density at radius 3 is 2.58 bits per heavy atom. The number of hydrogen-bond donors (Lipinski definition) is 4. The zero-order valence-electron chi connectivity index (χ0n) is 6.88. The molecular formula is C6H15N4O2+. The molecule has 0 aliphatic carbocycles. The molecular weight excluding hydrogens is 160 g/mol. The van der Waals surface area contributed by atoms with Crippen LogP contribution in [0, 0.1) is 0 Å². The van der Waals surface area contributed by atoms with E-state index in [1.54, 1.807) is 0 Å². The zero-order chi connectivity index (χ0) is 9.56. The van der Waals surface area contributed by atoms with Crippen molar-refractivity contribution < 1.29 is 20.6 Å². The third-order valence-electron chi connectivity index (χ3n) is 1.39. The summed E-state index contributed by atoms with van der Waals surface area (Å²) in [4.78, 5) is 12.8. The van der Waals surface area contributed by atoms with Crippen LogP contribution in [0.5, 0.6) is 0 Å². The van der Waals surface area contributed by atoms with Crippen LogP contribution in [0.2, 0.25) is 0 Å². The van der Waals surface area contributed by atoms with Crippen LogP contribution in [0.4, 0.5) is 0 Å². The first kappa shape index (κ1) is 10.7. The summed E-state index contributed by atoms with van der Waals surface area (Å²) in [5, 5.41) is 10.2. The van der Waals surface area contributed by atoms with Crippen LogP contribution >= 0.6 is 0 Å². The van der Waals surface area contributed by atoms with Crippen molar-refractivity contribution in [1.29, 1.82) is 0 Å². The van der Waals surface area contributed by atoms with Gasteiger partial charge in [0, 0.05) is 6.42 Å². The molecule has 0 saturated carbocycles. The minimum absolute atomic E-state index is 0.143. The molecule has 0 heterocycles. The Bertz CT molecular complexity index is 176. The van der Waals surface area contributed by atoms with Crippen molar-refractivity contribution in [3.8, 4) is 0 Å². The molecule has 0 aliphatic rings. The lowest BCUT2D eigenvalue weighted by Gasteiger charge is -2.06. The van der Waals surface area contributed by atoms with Crippen LogP contribution in [0.1, 0.15) is 12.8 Å². The van der Waals surface area contributed by atoms with Crippen molar-refractivity contribution in [3.05, 3.63) is 0 Å². The summed E-state index contributed by atoms with van der Waals surface area (Å²) in [5.74, 6) is -0.983. The Labute approximate surface area is 70.4 Å². The van der Waals surface area contributed by atoms with E-state index < -0.39 is 12.0 Å². The number of aliphatic carboxylic acids is 1. The lowest BCUT2D eigenvalue weighted by atomic mass is 10.2. The van der Waals surface area contributed by atoms with Crippen molar-refractivity contribution in [1.82, 2.24) is 0 Å². The summed E-state index contributed by atoms with van der Waals surface area (Å²) in [6, 6.07) is -0.661. The van der Waals surface area contributed by atoms with Crippen molar-refractivity contribution in [2.75, 3.05) is 6.54 Å². The number of rotatable bonds is 5. The molecule has 0 unspecified atom stereocenters. The lowest BCUT2D eigenvalue weighted by Crippen LogP contribution is -2.78. The maximum Gasteiger partial charge on any atom is 0.338 e. The first-order valence-corrected chi connectivity index (χ1v) is 3.69. The Kier molecular flexibility index (Phi) is 4.78. The molecule has 8 N–H and O–H groups in total. The van der Waals surface area contributed by atoms with E-state index in [1.165, 1.54) is 0 Å². The maximum absolute atomic E-state index is 10.2. The van der Waals surface area contributed by atoms with E-state index >= 15 is 0 Å². The third-order valence-corrected chi connectivity index (χ3v) is 1.39. The number of carboxylic acids is 1. The second kappa shape index (κ2) is 5.36. The zero-order valence-corrected chi connectivity index (χ0v) is 6.88. The highest BCUT2D eigenvalue weighted by atomic mass is 16.4. The fraction of sp³-hybridized carbons (Fsp3) is 0.667. The quantitative estimate of drug-likeness (QED) is 0.188. The molecule has 6 heteroatoms. The van der Waals surface area contributed by atoms with E-state index in [9.17, 15) is 9.90 Å². The van der Waals surface area contributed by atoms with E-state index in [2.05, 4.69) is 10.7 Å². The van der Waals surface area contributed by atoms with Crippen molar-refractivity contribution in [2.24, 2.45) is 11.5 Å². The Balaban J connectivity index is 3.44. The van der Waals surface area contributed by atoms with E-state index in [0.717, 1.165) is 0 Å². The molecule has 6 nitrogen and oxygen atoms in total. The normalized spacial score (nSPS) is 12.1. The summed E-state index contributed by atoms with van der Waals surface area (Å²) in [6.45, 7) is 0.557. The molecule has 0 amide bonds. The number of carbonyl (C=O) groups excluding carboxylic acids is 1. The van der Waals surface area contributed by atoms with Gasteiger partial charge in [0.1, 0.15) is 6.04 Å². The van der Waals surface area contributed by atoms with Crippen LogP contribution in [-0.2, 0) is 4.79 Å². The summed E-state index contributed by atoms with van der Waals surface area (Å²) in [7, 11) is 0. The molecule has 0 rings (SSSR count). The molecule has 12 heavy (non-hydrogen) atoms. The topological polar surface area (TPSA) is 134 Å². The Morgan fingerprint density at radius 1 is 1.58 bits per heavy atom. The molecule has 1 atom stereocenters. The number of quaternary nitrogens is 1. The van der Waals surface area contributed by atoms with E-state index in [1.807, 2.05) is 0 Å². The predicted molar refractivity (Wildman–Crippen MR) is 40.1 cm³/mol. The summed E-state index contributed by atoms with van der Waals surface area (Å²) in [6.07, 6.45) is 1.11. The van der Waals surface area contributed by atoms with Crippen molar-refractivity contribution >= 4 is 11.9 Å². The van der Waals surface area contributed by atoms with Gasteiger partial charge in [-0.2, -0.15) is 0 Å². The van der Waals surface area contributed by atoms with Gasteiger partial charge in [0.15, 0.2) is 0 Å². The minimum atomic E-state index is -1.13. The molecule has 0 fully saturated rings. The van der Waals surface area contributed by atoms with Crippen LogP contribution in [0.15, 0.2) is 0 Å². The first-order valence-electron chi connectivity index (χ1n) is 3.69. The molecule has 0 radical (unpaired) electrons. The number of carbonyl (C=O) groups is 1. The summed E-state index contributed by atoms with van der Waals surface area (Å²) >= 11 is 0. The fourth-order valence-electron chi connectivity index (χ4n) is 0.699. The van der Waals surface area contributed by atoms with Crippen LogP contribution in [0.3, 0.4) is 0 Å².